The second kappa shape index (κ2) is 10.1. The Morgan fingerprint density at radius 3 is 2.69 bits per heavy atom. The number of nitrogens with zero attached hydrogens (tertiary/aromatic N) is 6. The van der Waals surface area contributed by atoms with Crippen LogP contribution in [-0.2, 0) is 18.5 Å². The fourth-order valence-corrected chi connectivity index (χ4v) is 4.68. The summed E-state index contributed by atoms with van der Waals surface area (Å²) in [4.78, 5) is 20.7. The molecule has 0 aliphatic rings. The predicted molar refractivity (Wildman–Crippen MR) is 142 cm³/mol. The van der Waals surface area contributed by atoms with Gasteiger partial charge in [-0.05, 0) is 18.5 Å². The Bertz CT molecular complexity index is 1410. The number of aromatic nitrogens is 5. The molecule has 0 fully saturated rings. The number of non-ortho nitro benzene ring substituents is 1. The van der Waals surface area contributed by atoms with Crippen LogP contribution in [0.15, 0.2) is 36.8 Å². The van der Waals surface area contributed by atoms with Crippen LogP contribution in [0.25, 0.3) is 22.2 Å². The van der Waals surface area contributed by atoms with E-state index in [1.54, 1.807) is 41.9 Å². The second-order valence-electron chi connectivity index (χ2n) is 9.87. The summed E-state index contributed by atoms with van der Waals surface area (Å²) in [6, 6.07) is 6.09. The average molecular weight is 510 g/mol. The van der Waals surface area contributed by atoms with Gasteiger partial charge in [0.2, 0.25) is 5.95 Å². The van der Waals surface area contributed by atoms with Crippen LogP contribution in [0.1, 0.15) is 5.56 Å². The van der Waals surface area contributed by atoms with E-state index in [1.165, 1.54) is 6.07 Å². The van der Waals surface area contributed by atoms with E-state index in [0.717, 1.165) is 22.6 Å². The molecule has 1 aromatic carbocycles. The van der Waals surface area contributed by atoms with Crippen molar-refractivity contribution in [1.82, 2.24) is 24.3 Å². The first kappa shape index (κ1) is 25.3. The lowest BCUT2D eigenvalue weighted by Gasteiger charge is -2.15. The van der Waals surface area contributed by atoms with E-state index < -0.39 is 8.07 Å². The third-order valence-corrected chi connectivity index (χ3v) is 7.47. The molecular formula is C24H31N7O4Si. The molecule has 0 radical (unpaired) electrons. The summed E-state index contributed by atoms with van der Waals surface area (Å²) in [6.45, 7) is 9.60. The van der Waals surface area contributed by atoms with E-state index in [-0.39, 0.29) is 17.3 Å². The van der Waals surface area contributed by atoms with Crippen molar-refractivity contribution in [1.29, 1.82) is 0 Å². The lowest BCUT2D eigenvalue weighted by Crippen LogP contribution is -2.22. The van der Waals surface area contributed by atoms with Gasteiger partial charge < -0.3 is 19.4 Å². The summed E-state index contributed by atoms with van der Waals surface area (Å²) in [5, 5.41) is 20.0. The van der Waals surface area contributed by atoms with Gasteiger partial charge >= 0.3 is 0 Å². The molecule has 0 aliphatic heterocycles. The lowest BCUT2D eigenvalue weighted by molar-refractivity contribution is -0.383. The Morgan fingerprint density at radius 1 is 1.22 bits per heavy atom. The molecular weight excluding hydrogens is 478 g/mol. The van der Waals surface area contributed by atoms with Crippen LogP contribution < -0.4 is 10.1 Å². The molecule has 12 heteroatoms. The quantitative estimate of drug-likeness (QED) is 0.135. The van der Waals surface area contributed by atoms with Crippen molar-refractivity contribution in [3.63, 3.8) is 0 Å². The lowest BCUT2D eigenvalue weighted by atomic mass is 10.1. The Labute approximate surface area is 210 Å². The molecule has 11 nitrogen and oxygen atoms in total. The molecule has 36 heavy (non-hydrogen) atoms. The summed E-state index contributed by atoms with van der Waals surface area (Å²) >= 11 is 0. The van der Waals surface area contributed by atoms with Crippen molar-refractivity contribution in [2.24, 2.45) is 7.05 Å². The molecule has 0 atom stereocenters. The zero-order valence-electron chi connectivity index (χ0n) is 21.4. The van der Waals surface area contributed by atoms with Crippen LogP contribution in [0.4, 0.5) is 17.3 Å². The summed E-state index contributed by atoms with van der Waals surface area (Å²) in [5.74, 6) is 0.783. The molecule has 0 saturated carbocycles. The Balaban J connectivity index is 1.75. The monoisotopic (exact) mass is 509 g/mol. The molecule has 4 rings (SSSR count). The van der Waals surface area contributed by atoms with Crippen LogP contribution in [0.5, 0.6) is 5.88 Å². The van der Waals surface area contributed by atoms with E-state index >= 15 is 0 Å². The first-order valence-corrected chi connectivity index (χ1v) is 15.3. The molecule has 0 saturated heterocycles. The van der Waals surface area contributed by atoms with Crippen molar-refractivity contribution >= 4 is 36.3 Å². The molecule has 190 valence electrons. The van der Waals surface area contributed by atoms with Gasteiger partial charge in [0.25, 0.3) is 11.6 Å². The molecule has 0 aliphatic carbocycles. The Morgan fingerprint density at radius 2 is 2.00 bits per heavy atom. The maximum atomic E-state index is 11.9. The summed E-state index contributed by atoms with van der Waals surface area (Å²) in [5.41, 5.74) is 3.43. The SMILES string of the molecule is COc1nn(C)cc1Nc1ncc(C)c(-c2cn(COCC[Si](C)(C)C)c3c([N+](=O)[O-])cccc23)n1. The van der Waals surface area contributed by atoms with Crippen molar-refractivity contribution in [2.75, 3.05) is 19.0 Å². The number of nitro groups is 1. The minimum Gasteiger partial charge on any atom is -0.478 e. The van der Waals surface area contributed by atoms with Gasteiger partial charge in [0.15, 0.2) is 0 Å². The number of hydrogen-bond donors (Lipinski definition) is 1. The van der Waals surface area contributed by atoms with Gasteiger partial charge in [-0.1, -0.05) is 31.8 Å². The maximum absolute atomic E-state index is 11.9. The minimum absolute atomic E-state index is 0.0256. The summed E-state index contributed by atoms with van der Waals surface area (Å²) in [7, 11) is 2.08. The van der Waals surface area contributed by atoms with Gasteiger partial charge in [-0.2, -0.15) is 0 Å². The van der Waals surface area contributed by atoms with Gasteiger partial charge in [-0.3, -0.25) is 14.8 Å². The second-order valence-corrected chi connectivity index (χ2v) is 15.5. The number of aryl methyl sites for hydroxylation is 2. The largest absolute Gasteiger partial charge is 0.478 e. The van der Waals surface area contributed by atoms with Crippen LogP contribution >= 0.6 is 0 Å². The zero-order valence-corrected chi connectivity index (χ0v) is 22.4. The number of nitro benzene ring substituents is 1. The fourth-order valence-electron chi connectivity index (χ4n) is 3.92. The number of ether oxygens (including phenoxy) is 2. The van der Waals surface area contributed by atoms with Crippen molar-refractivity contribution in [2.45, 2.75) is 39.3 Å². The van der Waals surface area contributed by atoms with Crippen molar-refractivity contribution in [3.05, 3.63) is 52.5 Å². The standard InChI is InChI=1S/C24H31N7O4Si/c1-16-12-25-24(26-19-14-29(2)28-23(19)34-3)27-21(16)18-13-30(15-35-10-11-36(4,5)6)22-17(18)8-7-9-20(22)31(32)33/h7-9,12-14H,10-11,15H2,1-6H3,(H,25,26,27). The normalized spacial score (nSPS) is 11.7. The molecule has 0 bridgehead atoms. The number of hydrogen-bond acceptors (Lipinski definition) is 8. The van der Waals surface area contributed by atoms with Gasteiger partial charge in [-0.25, -0.2) is 9.97 Å². The molecule has 3 aromatic heterocycles. The van der Waals surface area contributed by atoms with Crippen molar-refractivity contribution in [3.8, 4) is 17.1 Å². The van der Waals surface area contributed by atoms with Gasteiger partial charge in [0.1, 0.15) is 17.9 Å². The zero-order chi connectivity index (χ0) is 26.0. The third-order valence-electron chi connectivity index (χ3n) is 5.76. The number of anilines is 2. The van der Waals surface area contributed by atoms with E-state index in [2.05, 4.69) is 35.0 Å². The molecule has 3 heterocycles. The number of methoxy groups -OCH3 is 1. The highest BCUT2D eigenvalue weighted by Gasteiger charge is 2.22. The Kier molecular flexibility index (Phi) is 7.08. The van der Waals surface area contributed by atoms with Gasteiger partial charge in [0.05, 0.1) is 23.9 Å². The number of benzene rings is 1. The van der Waals surface area contributed by atoms with Gasteiger partial charge in [0, 0.05) is 51.1 Å². The number of nitrogens with one attached hydrogen (secondary N) is 1. The summed E-state index contributed by atoms with van der Waals surface area (Å²) < 4.78 is 14.7. The number of fused-ring (bicyclic) bond motifs is 1. The molecule has 1 N–H and O–H groups in total. The number of para-hydroxylation sites is 1. The maximum Gasteiger partial charge on any atom is 0.293 e. The first-order valence-electron chi connectivity index (χ1n) is 11.6. The van der Waals surface area contributed by atoms with Crippen LogP contribution in [0, 0.1) is 17.0 Å². The summed E-state index contributed by atoms with van der Waals surface area (Å²) in [6.07, 6.45) is 5.36. The first-order chi connectivity index (χ1) is 17.1. The predicted octanol–water partition coefficient (Wildman–Crippen LogP) is 5.11. The highest BCUT2D eigenvalue weighted by atomic mass is 28.3. The van der Waals surface area contributed by atoms with Gasteiger partial charge in [-0.15, -0.1) is 5.10 Å². The molecule has 0 amide bonds. The topological polar surface area (TPSA) is 122 Å². The van der Waals surface area contributed by atoms with Crippen LogP contribution in [0.2, 0.25) is 25.7 Å². The van der Waals surface area contributed by atoms with E-state index in [9.17, 15) is 10.1 Å². The smallest absolute Gasteiger partial charge is 0.293 e. The van der Waals surface area contributed by atoms with Crippen molar-refractivity contribution < 1.29 is 14.4 Å². The number of rotatable bonds is 10. The highest BCUT2D eigenvalue weighted by Crippen LogP contribution is 2.36. The van der Waals surface area contributed by atoms with E-state index in [4.69, 9.17) is 14.5 Å². The fraction of sp³-hybridized carbons (Fsp3) is 0.375. The van der Waals surface area contributed by atoms with Crippen LogP contribution in [-0.4, -0.2) is 51.0 Å². The van der Waals surface area contributed by atoms with E-state index in [0.29, 0.717) is 35.3 Å². The molecule has 4 aromatic rings. The highest BCUT2D eigenvalue weighted by molar-refractivity contribution is 6.76. The minimum atomic E-state index is -1.26. The molecule has 0 spiro atoms. The third kappa shape index (κ3) is 5.39. The molecule has 0 unspecified atom stereocenters. The van der Waals surface area contributed by atoms with Crippen LogP contribution in [0.3, 0.4) is 0 Å². The average Bonchev–Trinajstić information content (AvgIpc) is 3.36. The van der Waals surface area contributed by atoms with E-state index in [1.807, 2.05) is 19.2 Å². The Hall–Kier alpha value is -3.77.